The van der Waals surface area contributed by atoms with E-state index in [4.69, 9.17) is 4.74 Å². The summed E-state index contributed by atoms with van der Waals surface area (Å²) in [4.78, 5) is 19.0. The van der Waals surface area contributed by atoms with Crippen LogP contribution in [0.5, 0.6) is 0 Å². The van der Waals surface area contributed by atoms with Gasteiger partial charge in [-0.1, -0.05) is 13.8 Å². The fourth-order valence-corrected chi connectivity index (χ4v) is 4.26. The summed E-state index contributed by atoms with van der Waals surface area (Å²) in [6.07, 6.45) is 2.80. The van der Waals surface area contributed by atoms with Gasteiger partial charge in [-0.25, -0.2) is 4.98 Å². The minimum atomic E-state index is -0.295. The highest BCUT2D eigenvalue weighted by Gasteiger charge is 2.25. The smallest absolute Gasteiger partial charge is 0.255 e. The van der Waals surface area contributed by atoms with Crippen molar-refractivity contribution >= 4 is 22.4 Å². The topological polar surface area (TPSA) is 54.5 Å². The Morgan fingerprint density at radius 1 is 1.45 bits per heavy atom. The van der Waals surface area contributed by atoms with Gasteiger partial charge in [0.15, 0.2) is 5.13 Å². The molecular formula is C16H25N3O2S. The Morgan fingerprint density at radius 3 is 2.91 bits per heavy atom. The van der Waals surface area contributed by atoms with E-state index in [0.717, 1.165) is 50.0 Å². The highest BCUT2D eigenvalue weighted by molar-refractivity contribution is 7.13. The molecule has 0 aliphatic carbocycles. The first-order chi connectivity index (χ1) is 10.6. The molecule has 0 bridgehead atoms. The normalized spacial score (nSPS) is 29.6. The third-order valence-corrected chi connectivity index (χ3v) is 5.14. The lowest BCUT2D eigenvalue weighted by Gasteiger charge is -2.34. The number of aromatic nitrogens is 1. The zero-order valence-corrected chi connectivity index (χ0v) is 14.2. The molecule has 1 aromatic rings. The van der Waals surface area contributed by atoms with E-state index in [2.05, 4.69) is 34.4 Å². The van der Waals surface area contributed by atoms with Gasteiger partial charge in [0.1, 0.15) is 6.10 Å². The average molecular weight is 323 g/mol. The van der Waals surface area contributed by atoms with Crippen molar-refractivity contribution in [2.75, 3.05) is 25.0 Å². The molecule has 3 atom stereocenters. The van der Waals surface area contributed by atoms with Gasteiger partial charge in [0.2, 0.25) is 0 Å². The first-order valence-corrected chi connectivity index (χ1v) is 9.07. The molecule has 2 saturated heterocycles. The molecule has 0 aromatic carbocycles. The Kier molecular flexibility index (Phi) is 5.10. The summed E-state index contributed by atoms with van der Waals surface area (Å²) < 4.78 is 5.40. The Hall–Kier alpha value is -0.980. The summed E-state index contributed by atoms with van der Waals surface area (Å²) in [7, 11) is 0. The first-order valence-electron chi connectivity index (χ1n) is 8.19. The van der Waals surface area contributed by atoms with E-state index in [0.29, 0.717) is 11.7 Å². The number of likely N-dealkylation sites (tertiary alicyclic amines) is 1. The molecule has 5 nitrogen and oxygen atoms in total. The van der Waals surface area contributed by atoms with Crippen molar-refractivity contribution in [3.63, 3.8) is 0 Å². The lowest BCUT2D eigenvalue weighted by atomic mass is 9.92. The van der Waals surface area contributed by atoms with Gasteiger partial charge in [0, 0.05) is 31.6 Å². The van der Waals surface area contributed by atoms with E-state index < -0.39 is 0 Å². The van der Waals surface area contributed by atoms with Crippen molar-refractivity contribution in [3.05, 3.63) is 11.1 Å². The summed E-state index contributed by atoms with van der Waals surface area (Å²) in [5.41, 5.74) is 1.05. The minimum absolute atomic E-state index is 0.0568. The molecule has 1 amide bonds. The minimum Gasteiger partial charge on any atom is -0.368 e. The van der Waals surface area contributed by atoms with E-state index in [-0.39, 0.29) is 12.0 Å². The summed E-state index contributed by atoms with van der Waals surface area (Å²) in [5.74, 6) is 1.45. The number of carbonyl (C=O) groups is 1. The van der Waals surface area contributed by atoms with Crippen LogP contribution in [-0.4, -0.2) is 41.6 Å². The number of amides is 1. The second-order valence-electron chi connectivity index (χ2n) is 6.78. The highest BCUT2D eigenvalue weighted by atomic mass is 32.1. The van der Waals surface area contributed by atoms with Gasteiger partial charge in [0.05, 0.1) is 5.69 Å². The lowest BCUT2D eigenvalue weighted by Crippen LogP contribution is -2.38. The Bertz CT molecular complexity index is 503. The zero-order chi connectivity index (χ0) is 15.5. The van der Waals surface area contributed by atoms with Gasteiger partial charge in [-0.2, -0.15) is 0 Å². The van der Waals surface area contributed by atoms with Crippen LogP contribution in [0.3, 0.4) is 0 Å². The van der Waals surface area contributed by atoms with E-state index in [1.807, 2.05) is 0 Å². The fourth-order valence-electron chi connectivity index (χ4n) is 3.56. The number of rotatable bonds is 4. The van der Waals surface area contributed by atoms with Crippen molar-refractivity contribution in [3.8, 4) is 0 Å². The van der Waals surface area contributed by atoms with Gasteiger partial charge < -0.3 is 4.74 Å². The molecule has 0 saturated carbocycles. The number of nitrogens with zero attached hydrogens (tertiary/aromatic N) is 2. The van der Waals surface area contributed by atoms with Crippen molar-refractivity contribution in [1.29, 1.82) is 0 Å². The van der Waals surface area contributed by atoms with Crippen molar-refractivity contribution in [2.24, 2.45) is 11.8 Å². The predicted octanol–water partition coefficient (Wildman–Crippen LogP) is 2.74. The van der Waals surface area contributed by atoms with Crippen molar-refractivity contribution < 1.29 is 9.53 Å². The summed E-state index contributed by atoms with van der Waals surface area (Å²) in [6, 6.07) is 0. The van der Waals surface area contributed by atoms with E-state index >= 15 is 0 Å². The van der Waals surface area contributed by atoms with Gasteiger partial charge in [-0.3, -0.25) is 15.0 Å². The second-order valence-corrected chi connectivity index (χ2v) is 7.63. The SMILES string of the molecule is C[C@@H]1C[C@@H](C)CN(Cc2csc(NC(=O)[C@H]3CCCO3)n2)C1. The second kappa shape index (κ2) is 7.06. The molecule has 3 heterocycles. The maximum Gasteiger partial charge on any atom is 0.255 e. The monoisotopic (exact) mass is 323 g/mol. The Labute approximate surface area is 136 Å². The first kappa shape index (κ1) is 15.9. The Morgan fingerprint density at radius 2 is 2.23 bits per heavy atom. The number of ether oxygens (including phenoxy) is 1. The highest BCUT2D eigenvalue weighted by Crippen LogP contribution is 2.24. The molecule has 1 N–H and O–H groups in total. The van der Waals surface area contributed by atoms with Crippen LogP contribution in [0.25, 0.3) is 0 Å². The number of piperidine rings is 1. The van der Waals surface area contributed by atoms with Crippen molar-refractivity contribution in [2.45, 2.75) is 45.8 Å². The molecule has 6 heteroatoms. The molecule has 2 fully saturated rings. The van der Waals surface area contributed by atoms with E-state index in [9.17, 15) is 4.79 Å². The number of anilines is 1. The average Bonchev–Trinajstić information content (AvgIpc) is 3.09. The number of nitrogens with one attached hydrogen (secondary N) is 1. The molecular weight excluding hydrogens is 298 g/mol. The lowest BCUT2D eigenvalue weighted by molar-refractivity contribution is -0.124. The van der Waals surface area contributed by atoms with Crippen LogP contribution in [0.1, 0.15) is 38.8 Å². The summed E-state index contributed by atoms with van der Waals surface area (Å²) >= 11 is 1.50. The predicted molar refractivity (Wildman–Crippen MR) is 87.9 cm³/mol. The van der Waals surface area contributed by atoms with E-state index in [1.165, 1.54) is 17.8 Å². The number of hydrogen-bond donors (Lipinski definition) is 1. The molecule has 22 heavy (non-hydrogen) atoms. The molecule has 122 valence electrons. The maximum atomic E-state index is 12.0. The van der Waals surface area contributed by atoms with E-state index in [1.54, 1.807) is 0 Å². The Balaban J connectivity index is 1.53. The molecule has 2 aliphatic heterocycles. The van der Waals surface area contributed by atoms with Gasteiger partial charge in [-0.15, -0.1) is 11.3 Å². The maximum absolute atomic E-state index is 12.0. The fraction of sp³-hybridized carbons (Fsp3) is 0.750. The number of thiazole rings is 1. The number of hydrogen-bond acceptors (Lipinski definition) is 5. The van der Waals surface area contributed by atoms with Crippen LogP contribution in [0.2, 0.25) is 0 Å². The standard InChI is InChI=1S/C16H25N3O2S/c1-11-6-12(2)8-19(7-11)9-13-10-22-16(17-13)18-15(20)14-4-3-5-21-14/h10-12,14H,3-9H2,1-2H3,(H,17,18,20)/t11-,12-,14-/m1/s1. The van der Waals surface area contributed by atoms with Crippen LogP contribution in [0, 0.1) is 11.8 Å². The van der Waals surface area contributed by atoms with Gasteiger partial charge >= 0.3 is 0 Å². The number of carbonyl (C=O) groups excluding carboxylic acids is 1. The van der Waals surface area contributed by atoms with Gasteiger partial charge in [0.25, 0.3) is 5.91 Å². The van der Waals surface area contributed by atoms with Crippen LogP contribution >= 0.6 is 11.3 Å². The third-order valence-electron chi connectivity index (χ3n) is 4.33. The molecule has 1 aromatic heterocycles. The van der Waals surface area contributed by atoms with Gasteiger partial charge in [-0.05, 0) is 31.1 Å². The van der Waals surface area contributed by atoms with Crippen LogP contribution < -0.4 is 5.32 Å². The van der Waals surface area contributed by atoms with Crippen LogP contribution in [-0.2, 0) is 16.1 Å². The van der Waals surface area contributed by atoms with Crippen molar-refractivity contribution in [1.82, 2.24) is 9.88 Å². The zero-order valence-electron chi connectivity index (χ0n) is 13.4. The molecule has 0 spiro atoms. The quantitative estimate of drug-likeness (QED) is 0.926. The molecule has 2 aliphatic rings. The summed E-state index contributed by atoms with van der Waals surface area (Å²) in [5, 5.41) is 5.62. The molecule has 0 radical (unpaired) electrons. The van der Waals surface area contributed by atoms with Crippen LogP contribution in [0.15, 0.2) is 5.38 Å². The third kappa shape index (κ3) is 4.06. The largest absolute Gasteiger partial charge is 0.368 e. The molecule has 0 unspecified atom stereocenters. The molecule has 3 rings (SSSR count). The van der Waals surface area contributed by atoms with Crippen LogP contribution in [0.4, 0.5) is 5.13 Å². The summed E-state index contributed by atoms with van der Waals surface area (Å²) in [6.45, 7) is 8.47.